The molecule has 3 aromatic carbocycles. The van der Waals surface area contributed by atoms with Crippen LogP contribution in [-0.4, -0.2) is 192 Å². The summed E-state index contributed by atoms with van der Waals surface area (Å²) in [7, 11) is 0. The van der Waals surface area contributed by atoms with E-state index in [1.54, 1.807) is 0 Å². The minimum Gasteiger partial charge on any atom is -0.478 e. The number of rotatable bonds is 19. The molecule has 0 saturated carbocycles. The lowest BCUT2D eigenvalue weighted by atomic mass is 9.85. The normalized spacial score (nSPS) is 11.5. The number of aromatic carboxylic acids is 13. The number of carbonyl (C=O) groups excluding carboxylic acids is 5. The number of esters is 4. The van der Waals surface area contributed by atoms with Crippen molar-refractivity contribution < 1.29 is 167 Å². The van der Waals surface area contributed by atoms with Gasteiger partial charge in [-0.1, -0.05) is 0 Å². The van der Waals surface area contributed by atoms with Crippen LogP contribution in [0.4, 0.5) is 0 Å². The molecule has 1 heterocycles. The van der Waals surface area contributed by atoms with E-state index in [1.807, 2.05) is 0 Å². The molecule has 378 valence electrons. The fourth-order valence-corrected chi connectivity index (χ4v) is 6.72. The zero-order valence-corrected chi connectivity index (χ0v) is 34.2. The lowest BCUT2D eigenvalue weighted by Gasteiger charge is -2.21. The Morgan fingerprint density at radius 1 is 0.219 bits per heavy atom. The van der Waals surface area contributed by atoms with Crippen LogP contribution >= 0.6 is 0 Å². The van der Waals surface area contributed by atoms with Crippen molar-refractivity contribution in [3.8, 4) is 0 Å². The molecule has 0 aliphatic carbocycles. The van der Waals surface area contributed by atoms with E-state index in [-0.39, 0.29) is 13.1 Å². The summed E-state index contributed by atoms with van der Waals surface area (Å²) in [5, 5.41) is 129. The van der Waals surface area contributed by atoms with Gasteiger partial charge in [0.05, 0.1) is 113 Å². The van der Waals surface area contributed by atoms with Gasteiger partial charge in [0.25, 0.3) is 0 Å². The molecule has 0 aromatic heterocycles. The molecule has 0 radical (unpaired) electrons. The predicted molar refractivity (Wildman–Crippen MR) is 206 cm³/mol. The molecule has 35 heteroatoms. The number of hydroxylamine groups is 2. The first kappa shape index (κ1) is 54.1. The van der Waals surface area contributed by atoms with Crippen molar-refractivity contribution in [2.24, 2.45) is 0 Å². The number of carbonyl (C=O) groups is 18. The Morgan fingerprint density at radius 2 is 0.342 bits per heavy atom. The Balaban J connectivity index is 2.31. The second-order valence-corrected chi connectivity index (χ2v) is 13.4. The van der Waals surface area contributed by atoms with E-state index in [4.69, 9.17) is 4.84 Å². The van der Waals surface area contributed by atoms with Gasteiger partial charge in [0.2, 0.25) is 0 Å². The maximum Gasteiger partial charge on any atom is 0.358 e. The number of nitrogens with zero attached hydrogens (tertiary/aromatic N) is 1. The maximum absolute atomic E-state index is 14.3. The maximum atomic E-state index is 14.3. The molecule has 0 amide bonds. The summed E-state index contributed by atoms with van der Waals surface area (Å²) in [6.07, 6.45) is 0. The van der Waals surface area contributed by atoms with Gasteiger partial charge in [0.15, 0.2) is 0 Å². The quantitative estimate of drug-likeness (QED) is 0.0395. The first-order valence-electron chi connectivity index (χ1n) is 17.9. The van der Waals surface area contributed by atoms with E-state index >= 15 is 0 Å². The SMILES string of the molecule is O=C(O)c1c(C(=O)O)c(C(=O)O)c(C(=O)OC(=O)c2c(C(=O)O)c(C(=O)O)c(C(=O)O)c(C(=O)ON3CC3)c2C(=O)OC(=O)c2c(C(=O)O)c(C(=O)O)c(C(=O)O)c(C(=O)O)c2C(=O)O)c(C(=O)O)c1C(=O)O. The average molecular weight is 1030 g/mol. The molecule has 1 saturated heterocycles. The molecule has 35 nitrogen and oxygen atoms in total. The van der Waals surface area contributed by atoms with Crippen LogP contribution in [0, 0.1) is 0 Å². The first-order valence-corrected chi connectivity index (χ1v) is 17.9. The predicted octanol–water partition coefficient (Wildman–Crippen LogP) is -0.855. The molecule has 1 aliphatic rings. The van der Waals surface area contributed by atoms with Gasteiger partial charge in [-0.05, 0) is 0 Å². The fraction of sp³-hybridized carbons (Fsp3) is 0.0526. The molecule has 0 spiro atoms. The Bertz CT molecular complexity index is 3200. The van der Waals surface area contributed by atoms with Gasteiger partial charge >= 0.3 is 107 Å². The van der Waals surface area contributed by atoms with Crippen molar-refractivity contribution in [2.45, 2.75) is 0 Å². The molecular formula is C38H17NO34. The Hall–Kier alpha value is -11.5. The van der Waals surface area contributed by atoms with Gasteiger partial charge in [-0.2, -0.15) is 0 Å². The van der Waals surface area contributed by atoms with Crippen LogP contribution in [0.25, 0.3) is 0 Å². The summed E-state index contributed by atoms with van der Waals surface area (Å²) < 4.78 is 8.62. The molecular weight excluding hydrogens is 1010 g/mol. The van der Waals surface area contributed by atoms with Crippen LogP contribution in [-0.2, 0) is 14.3 Å². The van der Waals surface area contributed by atoms with Crippen molar-refractivity contribution in [3.05, 3.63) is 100 Å². The van der Waals surface area contributed by atoms with E-state index in [0.717, 1.165) is 0 Å². The van der Waals surface area contributed by atoms with Crippen molar-refractivity contribution in [3.63, 3.8) is 0 Å². The molecule has 0 bridgehead atoms. The monoisotopic (exact) mass is 1030 g/mol. The van der Waals surface area contributed by atoms with E-state index in [1.165, 1.54) is 0 Å². The van der Waals surface area contributed by atoms with Gasteiger partial charge in [-0.25, -0.2) is 86.3 Å². The lowest BCUT2D eigenvalue weighted by Crippen LogP contribution is -2.33. The highest BCUT2D eigenvalue weighted by molar-refractivity contribution is 6.29. The third-order valence-electron chi connectivity index (χ3n) is 9.29. The molecule has 13 N–H and O–H groups in total. The summed E-state index contributed by atoms with van der Waals surface area (Å²) in [6.45, 7) is -0.659. The Morgan fingerprint density at radius 3 is 0.493 bits per heavy atom. The van der Waals surface area contributed by atoms with Crippen LogP contribution in [0.1, 0.15) is 186 Å². The van der Waals surface area contributed by atoms with Crippen molar-refractivity contribution in [1.29, 1.82) is 0 Å². The highest BCUT2D eigenvalue weighted by Gasteiger charge is 2.48. The van der Waals surface area contributed by atoms with E-state index in [9.17, 15) is 153 Å². The van der Waals surface area contributed by atoms with Gasteiger partial charge in [0, 0.05) is 0 Å². The van der Waals surface area contributed by atoms with E-state index in [0.29, 0.717) is 5.06 Å². The number of benzene rings is 3. The number of hydrogen-bond donors (Lipinski definition) is 13. The van der Waals surface area contributed by atoms with Crippen molar-refractivity contribution >= 4 is 107 Å². The molecule has 4 rings (SSSR count). The second kappa shape index (κ2) is 19.6. The summed E-state index contributed by atoms with van der Waals surface area (Å²) >= 11 is 0. The zero-order chi connectivity index (χ0) is 55.9. The molecule has 0 atom stereocenters. The van der Waals surface area contributed by atoms with E-state index < -0.39 is 208 Å². The van der Waals surface area contributed by atoms with Crippen LogP contribution in [0.15, 0.2) is 0 Å². The number of ether oxygens (including phenoxy) is 2. The highest BCUT2D eigenvalue weighted by atomic mass is 16.7. The van der Waals surface area contributed by atoms with Crippen LogP contribution in [0.2, 0.25) is 0 Å². The lowest BCUT2D eigenvalue weighted by molar-refractivity contribution is -0.0288. The smallest absolute Gasteiger partial charge is 0.358 e. The minimum atomic E-state index is -3.14. The van der Waals surface area contributed by atoms with Crippen molar-refractivity contribution in [1.82, 2.24) is 5.06 Å². The topological polar surface area (TPSA) is 601 Å². The summed E-state index contributed by atoms with van der Waals surface area (Å²) in [6, 6.07) is 0. The zero-order valence-electron chi connectivity index (χ0n) is 34.2. The van der Waals surface area contributed by atoms with Crippen LogP contribution < -0.4 is 0 Å². The van der Waals surface area contributed by atoms with E-state index in [2.05, 4.69) is 9.47 Å². The third kappa shape index (κ3) is 9.51. The fourth-order valence-electron chi connectivity index (χ4n) is 6.72. The number of hydrogen-bond acceptors (Lipinski definition) is 22. The molecule has 1 fully saturated rings. The molecule has 73 heavy (non-hydrogen) atoms. The highest BCUT2D eigenvalue weighted by Crippen LogP contribution is 2.36. The van der Waals surface area contributed by atoms with Gasteiger partial charge in [-0.15, -0.1) is 5.06 Å². The van der Waals surface area contributed by atoms with Crippen LogP contribution in [0.3, 0.4) is 0 Å². The van der Waals surface area contributed by atoms with Crippen LogP contribution in [0.5, 0.6) is 0 Å². The minimum absolute atomic E-state index is 0.329. The van der Waals surface area contributed by atoms with Gasteiger partial charge < -0.3 is 80.7 Å². The molecule has 1 aliphatic heterocycles. The molecule has 3 aromatic rings. The van der Waals surface area contributed by atoms with Crippen molar-refractivity contribution in [2.75, 3.05) is 13.1 Å². The number of carboxylic acid groups (broad SMARTS) is 13. The van der Waals surface area contributed by atoms with Gasteiger partial charge in [-0.3, -0.25) is 0 Å². The number of carboxylic acids is 13. The summed E-state index contributed by atoms with van der Waals surface area (Å²) in [5.41, 5.74) is -42.6. The third-order valence-corrected chi connectivity index (χ3v) is 9.29. The Labute approximate surface area is 392 Å². The second-order valence-electron chi connectivity index (χ2n) is 13.4. The Kier molecular flexibility index (Phi) is 14.5. The average Bonchev–Trinajstić information content (AvgIpc) is 4.08. The summed E-state index contributed by atoms with van der Waals surface area (Å²) in [5.74, 6) is -51.6. The molecule has 0 unspecified atom stereocenters. The standard InChI is InChI=1S/C38H17NO34/c40-21(41)3-5(23(44)45)10(28(54)55)16(11(29(56)57)6(3)24(46)47)34(66)71-36(68)18-14(32(62)63)9(27(52)53)15(33(64)65)19(38(70)73-39-1-2-39)20(18)37(69)72-35(67)17-12(30(58)59)7(25(48)49)4(22(42)43)8(26(50)51)13(17)31(60)61/h1-2H2,(H,40,41)(H,42,43)(H,44,45)(H,46,47)(H,48,49)(H,50,51)(H,52,53)(H,54,55)(H,56,57)(H,58,59)(H,60,61)(H,62,63)(H,64,65). The first-order chi connectivity index (χ1) is 33.7. The van der Waals surface area contributed by atoms with Gasteiger partial charge in [0.1, 0.15) is 0 Å². The largest absolute Gasteiger partial charge is 0.478 e. The summed E-state index contributed by atoms with van der Waals surface area (Å²) in [4.78, 5) is 236.